The number of carbonyl (C=O) groups excluding carboxylic acids is 2. The number of hydrogen-bond acceptors (Lipinski definition) is 6. The van der Waals surface area contributed by atoms with Crippen molar-refractivity contribution < 1.29 is 24.2 Å². The van der Waals surface area contributed by atoms with Crippen LogP contribution in [0.3, 0.4) is 0 Å². The second-order valence-corrected chi connectivity index (χ2v) is 9.62. The Balaban J connectivity index is 2.02. The van der Waals surface area contributed by atoms with Crippen molar-refractivity contribution in [2.45, 2.75) is 59.9 Å². The van der Waals surface area contributed by atoms with Gasteiger partial charge in [-0.25, -0.2) is 0 Å². The van der Waals surface area contributed by atoms with E-state index in [1.165, 1.54) is 0 Å². The lowest BCUT2D eigenvalue weighted by molar-refractivity contribution is -0.140. The van der Waals surface area contributed by atoms with Crippen molar-refractivity contribution in [3.05, 3.63) is 64.7 Å². The van der Waals surface area contributed by atoms with Gasteiger partial charge in [-0.2, -0.15) is 0 Å². The van der Waals surface area contributed by atoms with Crippen LogP contribution in [-0.4, -0.2) is 66.0 Å². The molecule has 7 heteroatoms. The summed E-state index contributed by atoms with van der Waals surface area (Å²) in [6.45, 7) is 14.2. The maximum Gasteiger partial charge on any atom is 0.295 e. The van der Waals surface area contributed by atoms with Crippen LogP contribution in [0, 0.1) is 6.92 Å². The van der Waals surface area contributed by atoms with E-state index in [1.54, 1.807) is 17.0 Å². The Morgan fingerprint density at radius 1 is 0.947 bits per heavy atom. The second kappa shape index (κ2) is 14.0. The highest BCUT2D eigenvalue weighted by Crippen LogP contribution is 2.40. The third-order valence-corrected chi connectivity index (χ3v) is 6.96. The van der Waals surface area contributed by atoms with Crippen molar-refractivity contribution in [1.29, 1.82) is 0 Å². The summed E-state index contributed by atoms with van der Waals surface area (Å²) in [5.74, 6) is 0.0395. The first-order valence-electron chi connectivity index (χ1n) is 13.8. The number of aliphatic hydroxyl groups is 1. The minimum Gasteiger partial charge on any atom is -0.507 e. The van der Waals surface area contributed by atoms with Crippen LogP contribution in [0.4, 0.5) is 0 Å². The molecule has 0 radical (unpaired) electrons. The summed E-state index contributed by atoms with van der Waals surface area (Å²) in [7, 11) is 0. The molecule has 206 valence electrons. The number of ether oxygens (including phenoxy) is 2. The number of hydrogen-bond donors (Lipinski definition) is 1. The number of likely N-dealkylation sites (tertiary alicyclic amines) is 1. The number of benzene rings is 2. The van der Waals surface area contributed by atoms with Gasteiger partial charge in [0, 0.05) is 18.7 Å². The largest absolute Gasteiger partial charge is 0.507 e. The molecule has 1 heterocycles. The molecular weight excluding hydrogens is 480 g/mol. The molecule has 2 aromatic carbocycles. The Hall–Kier alpha value is -3.32. The van der Waals surface area contributed by atoms with Gasteiger partial charge in [0.05, 0.1) is 24.8 Å². The Morgan fingerprint density at radius 2 is 1.66 bits per heavy atom. The Kier molecular flexibility index (Phi) is 10.8. The zero-order valence-corrected chi connectivity index (χ0v) is 23.5. The molecule has 1 aliphatic rings. The van der Waals surface area contributed by atoms with E-state index in [4.69, 9.17) is 9.47 Å². The van der Waals surface area contributed by atoms with Gasteiger partial charge in [-0.15, -0.1) is 0 Å². The lowest BCUT2D eigenvalue weighted by Gasteiger charge is -2.28. The normalized spacial score (nSPS) is 16.9. The van der Waals surface area contributed by atoms with Crippen LogP contribution >= 0.6 is 0 Å². The van der Waals surface area contributed by atoms with E-state index in [9.17, 15) is 14.7 Å². The van der Waals surface area contributed by atoms with E-state index in [0.717, 1.165) is 55.0 Å². The van der Waals surface area contributed by atoms with E-state index < -0.39 is 17.7 Å². The molecule has 1 N–H and O–H groups in total. The molecule has 0 spiro atoms. The minimum absolute atomic E-state index is 0.107. The number of aliphatic hydroxyl groups excluding tert-OH is 1. The van der Waals surface area contributed by atoms with Gasteiger partial charge in [-0.3, -0.25) is 9.59 Å². The fourth-order valence-corrected chi connectivity index (χ4v) is 4.65. The predicted octanol–water partition coefficient (Wildman–Crippen LogP) is 5.73. The summed E-state index contributed by atoms with van der Waals surface area (Å²) in [5.41, 5.74) is 2.20. The zero-order valence-electron chi connectivity index (χ0n) is 23.5. The fraction of sp³-hybridized carbons (Fsp3) is 0.484. The fourth-order valence-electron chi connectivity index (χ4n) is 4.65. The van der Waals surface area contributed by atoms with Crippen LogP contribution in [0.25, 0.3) is 5.76 Å². The first kappa shape index (κ1) is 29.2. The first-order valence-corrected chi connectivity index (χ1v) is 13.8. The standard InChI is InChI=1S/C31H42N2O5/c1-6-10-20-38-26-16-13-24(21-22(26)5)29(34)27-28(23-11-14-25(15-12-23)37-19-7-2)33(31(36)30(27)35)18-17-32(8-3)9-4/h11-16,21,28,34H,6-10,17-20H2,1-5H3. The highest BCUT2D eigenvalue weighted by molar-refractivity contribution is 6.46. The van der Waals surface area contributed by atoms with Gasteiger partial charge in [-0.05, 0) is 74.3 Å². The maximum atomic E-state index is 13.4. The first-order chi connectivity index (χ1) is 18.4. The van der Waals surface area contributed by atoms with Gasteiger partial charge in [0.15, 0.2) is 0 Å². The highest BCUT2D eigenvalue weighted by Gasteiger charge is 2.46. The van der Waals surface area contributed by atoms with Crippen molar-refractivity contribution in [2.24, 2.45) is 0 Å². The predicted molar refractivity (Wildman–Crippen MR) is 151 cm³/mol. The van der Waals surface area contributed by atoms with Crippen molar-refractivity contribution >= 4 is 17.4 Å². The third kappa shape index (κ3) is 6.76. The Bertz CT molecular complexity index is 1120. The monoisotopic (exact) mass is 522 g/mol. The second-order valence-electron chi connectivity index (χ2n) is 9.62. The van der Waals surface area contributed by atoms with Gasteiger partial charge < -0.3 is 24.4 Å². The molecule has 0 bridgehead atoms. The van der Waals surface area contributed by atoms with Crippen molar-refractivity contribution in [1.82, 2.24) is 9.80 Å². The lowest BCUT2D eigenvalue weighted by Crippen LogP contribution is -2.38. The molecule has 1 atom stereocenters. The molecule has 2 aromatic rings. The van der Waals surface area contributed by atoms with E-state index in [-0.39, 0.29) is 11.3 Å². The molecule has 7 nitrogen and oxygen atoms in total. The summed E-state index contributed by atoms with van der Waals surface area (Å²) < 4.78 is 11.6. The number of rotatable bonds is 14. The van der Waals surface area contributed by atoms with E-state index >= 15 is 0 Å². The molecular formula is C31H42N2O5. The topological polar surface area (TPSA) is 79.3 Å². The van der Waals surface area contributed by atoms with Gasteiger partial charge in [-0.1, -0.05) is 46.2 Å². The number of carbonyl (C=O) groups is 2. The summed E-state index contributed by atoms with van der Waals surface area (Å²) in [5, 5.41) is 11.4. The number of likely N-dealkylation sites (N-methyl/N-ethyl adjacent to an activating group) is 1. The number of aryl methyl sites for hydroxylation is 1. The average Bonchev–Trinajstić information content (AvgIpc) is 3.18. The van der Waals surface area contributed by atoms with E-state index in [2.05, 4.69) is 25.7 Å². The summed E-state index contributed by atoms with van der Waals surface area (Å²) in [6, 6.07) is 12.1. The highest BCUT2D eigenvalue weighted by atomic mass is 16.5. The van der Waals surface area contributed by atoms with Crippen LogP contribution in [-0.2, 0) is 9.59 Å². The van der Waals surface area contributed by atoms with Gasteiger partial charge >= 0.3 is 0 Å². The number of amides is 1. The van der Waals surface area contributed by atoms with Crippen LogP contribution in [0.15, 0.2) is 48.0 Å². The van der Waals surface area contributed by atoms with Gasteiger partial charge in [0.1, 0.15) is 17.3 Å². The number of ketones is 1. The van der Waals surface area contributed by atoms with Gasteiger partial charge in [0.2, 0.25) is 0 Å². The number of unbranched alkanes of at least 4 members (excludes halogenated alkanes) is 1. The van der Waals surface area contributed by atoms with E-state index in [0.29, 0.717) is 31.9 Å². The number of nitrogens with zero attached hydrogens (tertiary/aromatic N) is 2. The summed E-state index contributed by atoms with van der Waals surface area (Å²) in [4.78, 5) is 30.4. The van der Waals surface area contributed by atoms with Crippen LogP contribution in [0.5, 0.6) is 11.5 Å². The SMILES string of the molecule is CCCCOc1ccc(C(O)=C2C(=O)C(=O)N(CCN(CC)CC)C2c2ccc(OCCC)cc2)cc1C. The quantitative estimate of drug-likeness (QED) is 0.148. The van der Waals surface area contributed by atoms with Crippen molar-refractivity contribution in [2.75, 3.05) is 39.4 Å². The molecule has 38 heavy (non-hydrogen) atoms. The zero-order chi connectivity index (χ0) is 27.7. The molecule has 0 aromatic heterocycles. The van der Waals surface area contributed by atoms with Crippen molar-refractivity contribution in [3.63, 3.8) is 0 Å². The van der Waals surface area contributed by atoms with Crippen LogP contribution in [0.2, 0.25) is 0 Å². The maximum absolute atomic E-state index is 13.4. The molecule has 0 aliphatic carbocycles. The van der Waals surface area contributed by atoms with Crippen molar-refractivity contribution in [3.8, 4) is 11.5 Å². The Labute approximate surface area is 227 Å². The summed E-state index contributed by atoms with van der Waals surface area (Å²) in [6.07, 6.45) is 2.90. The lowest BCUT2D eigenvalue weighted by atomic mass is 9.94. The average molecular weight is 523 g/mol. The van der Waals surface area contributed by atoms with Crippen LogP contribution in [0.1, 0.15) is 69.7 Å². The Morgan fingerprint density at radius 3 is 2.26 bits per heavy atom. The summed E-state index contributed by atoms with van der Waals surface area (Å²) >= 11 is 0. The molecule has 1 unspecified atom stereocenters. The molecule has 1 fully saturated rings. The molecule has 1 saturated heterocycles. The molecule has 1 amide bonds. The van der Waals surface area contributed by atoms with Gasteiger partial charge in [0.25, 0.3) is 11.7 Å². The third-order valence-electron chi connectivity index (χ3n) is 6.96. The number of Topliss-reactive ketones (excluding diaryl/α,β-unsaturated/α-hetero) is 1. The molecule has 0 saturated carbocycles. The molecule has 3 rings (SSSR count). The van der Waals surface area contributed by atoms with Crippen LogP contribution < -0.4 is 9.47 Å². The smallest absolute Gasteiger partial charge is 0.295 e. The minimum atomic E-state index is -0.688. The molecule has 1 aliphatic heterocycles. The van der Waals surface area contributed by atoms with E-state index in [1.807, 2.05) is 44.2 Å².